The van der Waals surface area contributed by atoms with Crippen LogP contribution in [0.15, 0.2) is 42.5 Å². The molecule has 0 aromatic heterocycles. The summed E-state index contributed by atoms with van der Waals surface area (Å²) < 4.78 is 12.9. The van der Waals surface area contributed by atoms with Gasteiger partial charge in [0.1, 0.15) is 5.82 Å². The van der Waals surface area contributed by atoms with Gasteiger partial charge < -0.3 is 4.90 Å². The van der Waals surface area contributed by atoms with E-state index in [0.717, 1.165) is 16.8 Å². The molecule has 0 aliphatic heterocycles. The maximum absolute atomic E-state index is 12.9. The Morgan fingerprint density at radius 2 is 1.68 bits per heavy atom. The van der Waals surface area contributed by atoms with Crippen LogP contribution in [0.1, 0.15) is 21.5 Å². The van der Waals surface area contributed by atoms with Crippen LogP contribution in [-0.4, -0.2) is 13.0 Å². The van der Waals surface area contributed by atoms with Crippen molar-refractivity contribution < 1.29 is 9.18 Å². The fourth-order valence-electron chi connectivity index (χ4n) is 2.08. The monoisotopic (exact) mass is 257 g/mol. The van der Waals surface area contributed by atoms with E-state index in [1.165, 1.54) is 24.3 Å². The number of rotatable bonds is 2. The van der Waals surface area contributed by atoms with Gasteiger partial charge in [-0.1, -0.05) is 17.7 Å². The zero-order chi connectivity index (χ0) is 14.0. The molecular weight excluding hydrogens is 241 g/mol. The lowest BCUT2D eigenvalue weighted by Crippen LogP contribution is -2.26. The van der Waals surface area contributed by atoms with Gasteiger partial charge in [-0.2, -0.15) is 0 Å². The first kappa shape index (κ1) is 13.3. The van der Waals surface area contributed by atoms with Crippen LogP contribution in [0.4, 0.5) is 10.1 Å². The van der Waals surface area contributed by atoms with Crippen molar-refractivity contribution in [2.24, 2.45) is 0 Å². The Labute approximate surface area is 112 Å². The molecular formula is C16H16FNO. The van der Waals surface area contributed by atoms with Crippen molar-refractivity contribution in [2.45, 2.75) is 13.8 Å². The van der Waals surface area contributed by atoms with Crippen LogP contribution < -0.4 is 4.90 Å². The minimum Gasteiger partial charge on any atom is -0.311 e. The Kier molecular flexibility index (Phi) is 3.65. The molecule has 0 bridgehead atoms. The standard InChI is InChI=1S/C16H16FNO/c1-11-4-9-15(12(2)10-11)18(3)16(19)13-5-7-14(17)8-6-13/h4-10H,1-3H3. The van der Waals surface area contributed by atoms with Crippen molar-refractivity contribution in [2.75, 3.05) is 11.9 Å². The second-order valence-electron chi connectivity index (χ2n) is 4.66. The molecule has 1 amide bonds. The first-order chi connectivity index (χ1) is 8.99. The lowest BCUT2D eigenvalue weighted by molar-refractivity contribution is 0.0993. The summed E-state index contributed by atoms with van der Waals surface area (Å²) >= 11 is 0. The molecule has 2 aromatic rings. The minimum atomic E-state index is -0.342. The number of aryl methyl sites for hydroxylation is 2. The maximum Gasteiger partial charge on any atom is 0.258 e. The highest BCUT2D eigenvalue weighted by Gasteiger charge is 2.15. The van der Waals surface area contributed by atoms with Crippen LogP contribution in [0.2, 0.25) is 0 Å². The molecule has 0 radical (unpaired) electrons. The van der Waals surface area contributed by atoms with E-state index in [1.807, 2.05) is 32.0 Å². The topological polar surface area (TPSA) is 20.3 Å². The van der Waals surface area contributed by atoms with Gasteiger partial charge >= 0.3 is 0 Å². The average Bonchev–Trinajstić information content (AvgIpc) is 2.38. The lowest BCUT2D eigenvalue weighted by atomic mass is 10.1. The molecule has 0 fully saturated rings. The molecule has 0 saturated carbocycles. The van der Waals surface area contributed by atoms with Crippen molar-refractivity contribution in [3.05, 3.63) is 65.0 Å². The zero-order valence-corrected chi connectivity index (χ0v) is 11.3. The van der Waals surface area contributed by atoms with Gasteiger partial charge in [-0.15, -0.1) is 0 Å². The molecule has 0 saturated heterocycles. The van der Waals surface area contributed by atoms with Gasteiger partial charge in [0, 0.05) is 18.3 Å². The minimum absolute atomic E-state index is 0.146. The van der Waals surface area contributed by atoms with E-state index in [-0.39, 0.29) is 11.7 Å². The quantitative estimate of drug-likeness (QED) is 0.803. The molecule has 2 nitrogen and oxygen atoms in total. The molecule has 2 aromatic carbocycles. The van der Waals surface area contributed by atoms with Gasteiger partial charge in [-0.3, -0.25) is 4.79 Å². The summed E-state index contributed by atoms with van der Waals surface area (Å²) in [5.41, 5.74) is 3.53. The Morgan fingerprint density at radius 3 is 2.26 bits per heavy atom. The molecule has 0 aliphatic rings. The number of halogens is 1. The number of amides is 1. The Morgan fingerprint density at radius 1 is 1.05 bits per heavy atom. The van der Waals surface area contributed by atoms with Gasteiger partial charge in [-0.05, 0) is 49.7 Å². The van der Waals surface area contributed by atoms with Gasteiger partial charge in [0.25, 0.3) is 5.91 Å². The summed E-state index contributed by atoms with van der Waals surface area (Å²) in [5.74, 6) is -0.488. The van der Waals surface area contributed by atoms with Crippen LogP contribution in [0.5, 0.6) is 0 Å². The number of nitrogens with zero attached hydrogens (tertiary/aromatic N) is 1. The predicted octanol–water partition coefficient (Wildman–Crippen LogP) is 3.72. The molecule has 0 atom stereocenters. The van der Waals surface area contributed by atoms with Gasteiger partial charge in [0.05, 0.1) is 0 Å². The van der Waals surface area contributed by atoms with Crippen LogP contribution >= 0.6 is 0 Å². The number of carbonyl (C=O) groups is 1. The molecule has 98 valence electrons. The summed E-state index contributed by atoms with van der Waals surface area (Å²) in [5, 5.41) is 0. The third-order valence-electron chi connectivity index (χ3n) is 3.11. The summed E-state index contributed by atoms with van der Waals surface area (Å²) in [6.07, 6.45) is 0. The van der Waals surface area contributed by atoms with E-state index in [2.05, 4.69) is 0 Å². The first-order valence-corrected chi connectivity index (χ1v) is 6.10. The predicted molar refractivity (Wildman–Crippen MR) is 75.0 cm³/mol. The molecule has 0 N–H and O–H groups in total. The van der Waals surface area contributed by atoms with E-state index in [9.17, 15) is 9.18 Å². The van der Waals surface area contributed by atoms with Gasteiger partial charge in [0.2, 0.25) is 0 Å². The number of hydrogen-bond donors (Lipinski definition) is 0. The number of carbonyl (C=O) groups excluding carboxylic acids is 1. The number of hydrogen-bond acceptors (Lipinski definition) is 1. The van der Waals surface area contributed by atoms with E-state index in [0.29, 0.717) is 5.56 Å². The van der Waals surface area contributed by atoms with Gasteiger partial charge in [0.15, 0.2) is 0 Å². The van der Waals surface area contributed by atoms with Crippen molar-refractivity contribution in [1.82, 2.24) is 0 Å². The molecule has 0 heterocycles. The van der Waals surface area contributed by atoms with E-state index >= 15 is 0 Å². The summed E-state index contributed by atoms with van der Waals surface area (Å²) in [6, 6.07) is 11.5. The van der Waals surface area contributed by atoms with Crippen molar-refractivity contribution in [3.63, 3.8) is 0 Å². The molecule has 19 heavy (non-hydrogen) atoms. The maximum atomic E-state index is 12.9. The molecule has 0 spiro atoms. The first-order valence-electron chi connectivity index (χ1n) is 6.10. The van der Waals surface area contributed by atoms with E-state index in [1.54, 1.807) is 11.9 Å². The second-order valence-corrected chi connectivity index (χ2v) is 4.66. The summed E-state index contributed by atoms with van der Waals surface area (Å²) in [4.78, 5) is 13.9. The molecule has 3 heteroatoms. The summed E-state index contributed by atoms with van der Waals surface area (Å²) in [6.45, 7) is 3.98. The lowest BCUT2D eigenvalue weighted by Gasteiger charge is -2.20. The second kappa shape index (κ2) is 5.22. The van der Waals surface area contributed by atoms with Crippen molar-refractivity contribution in [3.8, 4) is 0 Å². The van der Waals surface area contributed by atoms with Crippen molar-refractivity contribution in [1.29, 1.82) is 0 Å². The van der Waals surface area contributed by atoms with E-state index in [4.69, 9.17) is 0 Å². The van der Waals surface area contributed by atoms with Crippen molar-refractivity contribution >= 4 is 11.6 Å². The summed E-state index contributed by atoms with van der Waals surface area (Å²) in [7, 11) is 1.73. The third-order valence-corrected chi connectivity index (χ3v) is 3.11. The Balaban J connectivity index is 2.30. The number of anilines is 1. The van der Waals surface area contributed by atoms with Crippen LogP contribution in [-0.2, 0) is 0 Å². The van der Waals surface area contributed by atoms with E-state index < -0.39 is 0 Å². The smallest absolute Gasteiger partial charge is 0.258 e. The Bertz CT molecular complexity index is 605. The largest absolute Gasteiger partial charge is 0.311 e. The Hall–Kier alpha value is -2.16. The highest BCUT2D eigenvalue weighted by atomic mass is 19.1. The number of benzene rings is 2. The van der Waals surface area contributed by atoms with Crippen LogP contribution in [0.25, 0.3) is 0 Å². The highest BCUT2D eigenvalue weighted by molar-refractivity contribution is 6.06. The fraction of sp³-hybridized carbons (Fsp3) is 0.188. The average molecular weight is 257 g/mol. The molecule has 2 rings (SSSR count). The highest BCUT2D eigenvalue weighted by Crippen LogP contribution is 2.21. The van der Waals surface area contributed by atoms with Crippen LogP contribution in [0, 0.1) is 19.7 Å². The SMILES string of the molecule is Cc1ccc(N(C)C(=O)c2ccc(F)cc2)c(C)c1. The van der Waals surface area contributed by atoms with Gasteiger partial charge in [-0.25, -0.2) is 4.39 Å². The third kappa shape index (κ3) is 2.81. The normalized spacial score (nSPS) is 10.3. The molecule has 0 aliphatic carbocycles. The zero-order valence-electron chi connectivity index (χ0n) is 11.3. The molecule has 0 unspecified atom stereocenters. The fourth-order valence-corrected chi connectivity index (χ4v) is 2.08. The van der Waals surface area contributed by atoms with Crippen LogP contribution in [0.3, 0.4) is 0 Å².